The molecular weight excluding hydrogens is 277 g/mol. The second-order valence-corrected chi connectivity index (χ2v) is 5.15. The minimum absolute atomic E-state index is 0.163. The van der Waals surface area contributed by atoms with E-state index in [1.807, 2.05) is 31.5 Å². The van der Waals surface area contributed by atoms with E-state index in [1.165, 1.54) is 6.07 Å². The van der Waals surface area contributed by atoms with E-state index in [0.717, 1.165) is 29.9 Å². The van der Waals surface area contributed by atoms with Crippen LogP contribution in [0.5, 0.6) is 0 Å². The van der Waals surface area contributed by atoms with Gasteiger partial charge in [0.1, 0.15) is 5.82 Å². The number of benzene rings is 1. The number of hydrogen-bond acceptors (Lipinski definition) is 2. The zero-order valence-corrected chi connectivity index (χ0v) is 12.7. The molecule has 1 atom stereocenters. The van der Waals surface area contributed by atoms with Crippen LogP contribution in [-0.2, 0) is 6.54 Å². The molecule has 0 saturated carbocycles. The molecule has 1 aromatic heterocycles. The first kappa shape index (κ1) is 15.0. The minimum atomic E-state index is -0.235. The van der Waals surface area contributed by atoms with E-state index in [2.05, 4.69) is 10.4 Å². The van der Waals surface area contributed by atoms with Gasteiger partial charge in [0.15, 0.2) is 0 Å². The number of aryl methyl sites for hydroxylation is 2. The van der Waals surface area contributed by atoms with Gasteiger partial charge in [0.2, 0.25) is 0 Å². The molecule has 5 heteroatoms. The summed E-state index contributed by atoms with van der Waals surface area (Å²) < 4.78 is 15.5. The Hall–Kier alpha value is -1.39. The lowest BCUT2D eigenvalue weighted by molar-refractivity contribution is 0.538. The van der Waals surface area contributed by atoms with Crippen LogP contribution in [0.2, 0.25) is 5.02 Å². The lowest BCUT2D eigenvalue weighted by Gasteiger charge is -2.20. The molecule has 20 heavy (non-hydrogen) atoms. The van der Waals surface area contributed by atoms with Gasteiger partial charge in [-0.05, 0) is 43.7 Å². The SMILES string of the molecule is CCNC(c1cc(C)cc(F)c1)c1c(Cl)cnn1CC. The van der Waals surface area contributed by atoms with Crippen LogP contribution < -0.4 is 5.32 Å². The largest absolute Gasteiger partial charge is 0.305 e. The van der Waals surface area contributed by atoms with Crippen LogP contribution in [0.25, 0.3) is 0 Å². The quantitative estimate of drug-likeness (QED) is 0.911. The highest BCUT2D eigenvalue weighted by molar-refractivity contribution is 6.31. The van der Waals surface area contributed by atoms with Crippen molar-refractivity contribution in [1.82, 2.24) is 15.1 Å². The molecule has 0 amide bonds. The van der Waals surface area contributed by atoms with Gasteiger partial charge >= 0.3 is 0 Å². The second kappa shape index (κ2) is 6.37. The molecule has 0 saturated heterocycles. The van der Waals surface area contributed by atoms with E-state index < -0.39 is 0 Å². The van der Waals surface area contributed by atoms with Crippen molar-refractivity contribution in [3.05, 3.63) is 52.1 Å². The number of halogens is 2. The van der Waals surface area contributed by atoms with Gasteiger partial charge in [-0.15, -0.1) is 0 Å². The number of nitrogens with zero attached hydrogens (tertiary/aromatic N) is 2. The number of nitrogens with one attached hydrogen (secondary N) is 1. The smallest absolute Gasteiger partial charge is 0.123 e. The van der Waals surface area contributed by atoms with Gasteiger partial charge in [0.25, 0.3) is 0 Å². The van der Waals surface area contributed by atoms with Gasteiger partial charge in [-0.25, -0.2) is 4.39 Å². The molecule has 108 valence electrons. The van der Waals surface area contributed by atoms with Crippen molar-refractivity contribution in [3.63, 3.8) is 0 Å². The zero-order chi connectivity index (χ0) is 14.7. The lowest BCUT2D eigenvalue weighted by Crippen LogP contribution is -2.25. The Morgan fingerprint density at radius 1 is 1.35 bits per heavy atom. The number of rotatable bonds is 5. The standard InChI is InChI=1S/C15H19ClFN3/c1-4-18-14(11-6-10(3)7-12(17)8-11)15-13(16)9-19-20(15)5-2/h6-9,14,18H,4-5H2,1-3H3. The fraction of sp³-hybridized carbons (Fsp3) is 0.400. The second-order valence-electron chi connectivity index (χ2n) is 4.75. The first-order valence-corrected chi connectivity index (χ1v) is 7.16. The molecule has 1 aromatic carbocycles. The zero-order valence-electron chi connectivity index (χ0n) is 12.0. The average molecular weight is 296 g/mol. The Morgan fingerprint density at radius 3 is 2.70 bits per heavy atom. The number of hydrogen-bond donors (Lipinski definition) is 1. The van der Waals surface area contributed by atoms with Crippen LogP contribution in [0, 0.1) is 12.7 Å². The molecule has 3 nitrogen and oxygen atoms in total. The highest BCUT2D eigenvalue weighted by atomic mass is 35.5. The van der Waals surface area contributed by atoms with E-state index in [1.54, 1.807) is 12.3 Å². The summed E-state index contributed by atoms with van der Waals surface area (Å²) in [5, 5.41) is 8.22. The molecule has 0 bridgehead atoms. The topological polar surface area (TPSA) is 29.9 Å². The van der Waals surface area contributed by atoms with Crippen molar-refractivity contribution < 1.29 is 4.39 Å². The Kier molecular flexibility index (Phi) is 4.78. The molecule has 1 N–H and O–H groups in total. The normalized spacial score (nSPS) is 12.7. The molecule has 0 fully saturated rings. The Morgan fingerprint density at radius 2 is 2.10 bits per heavy atom. The van der Waals surface area contributed by atoms with Crippen molar-refractivity contribution in [2.75, 3.05) is 6.54 Å². The lowest BCUT2D eigenvalue weighted by atomic mass is 10.0. The summed E-state index contributed by atoms with van der Waals surface area (Å²) in [5.74, 6) is -0.235. The molecule has 1 unspecified atom stereocenters. The first-order chi connectivity index (χ1) is 9.56. The summed E-state index contributed by atoms with van der Waals surface area (Å²) >= 11 is 6.27. The Balaban J connectivity index is 2.52. The van der Waals surface area contributed by atoms with Crippen molar-refractivity contribution in [2.45, 2.75) is 33.4 Å². The monoisotopic (exact) mass is 295 g/mol. The van der Waals surface area contributed by atoms with Crippen LogP contribution in [0.1, 0.15) is 36.7 Å². The fourth-order valence-electron chi connectivity index (χ4n) is 2.42. The van der Waals surface area contributed by atoms with Gasteiger partial charge < -0.3 is 5.32 Å². The Bertz CT molecular complexity index is 575. The van der Waals surface area contributed by atoms with Crippen LogP contribution in [0.3, 0.4) is 0 Å². The van der Waals surface area contributed by atoms with E-state index >= 15 is 0 Å². The van der Waals surface area contributed by atoms with Crippen LogP contribution in [0.15, 0.2) is 24.4 Å². The highest BCUT2D eigenvalue weighted by Crippen LogP contribution is 2.29. The fourth-order valence-corrected chi connectivity index (χ4v) is 2.67. The highest BCUT2D eigenvalue weighted by Gasteiger charge is 2.21. The minimum Gasteiger partial charge on any atom is -0.305 e. The van der Waals surface area contributed by atoms with Crippen molar-refractivity contribution in [3.8, 4) is 0 Å². The molecular formula is C15H19ClFN3. The first-order valence-electron chi connectivity index (χ1n) is 6.78. The van der Waals surface area contributed by atoms with Crippen molar-refractivity contribution in [1.29, 1.82) is 0 Å². The summed E-state index contributed by atoms with van der Waals surface area (Å²) in [6.07, 6.45) is 1.64. The predicted octanol–water partition coefficient (Wildman–Crippen LogP) is 3.70. The summed E-state index contributed by atoms with van der Waals surface area (Å²) in [4.78, 5) is 0. The average Bonchev–Trinajstić information content (AvgIpc) is 2.76. The molecule has 0 spiro atoms. The van der Waals surface area contributed by atoms with Gasteiger partial charge in [-0.1, -0.05) is 24.6 Å². The third-order valence-electron chi connectivity index (χ3n) is 3.21. The van der Waals surface area contributed by atoms with E-state index in [4.69, 9.17) is 11.6 Å². The van der Waals surface area contributed by atoms with Gasteiger partial charge in [0, 0.05) is 6.54 Å². The molecule has 0 radical (unpaired) electrons. The van der Waals surface area contributed by atoms with E-state index in [-0.39, 0.29) is 11.9 Å². The maximum Gasteiger partial charge on any atom is 0.123 e. The third-order valence-corrected chi connectivity index (χ3v) is 3.50. The Labute approximate surface area is 123 Å². The van der Waals surface area contributed by atoms with E-state index in [9.17, 15) is 4.39 Å². The van der Waals surface area contributed by atoms with Crippen molar-refractivity contribution in [2.24, 2.45) is 0 Å². The van der Waals surface area contributed by atoms with Crippen molar-refractivity contribution >= 4 is 11.6 Å². The molecule has 0 aliphatic carbocycles. The van der Waals surface area contributed by atoms with Crippen LogP contribution in [0.4, 0.5) is 4.39 Å². The van der Waals surface area contributed by atoms with Gasteiger partial charge in [-0.3, -0.25) is 4.68 Å². The van der Waals surface area contributed by atoms with Crippen LogP contribution in [-0.4, -0.2) is 16.3 Å². The molecule has 2 aromatic rings. The predicted molar refractivity (Wildman–Crippen MR) is 79.6 cm³/mol. The maximum atomic E-state index is 13.7. The summed E-state index contributed by atoms with van der Waals surface area (Å²) in [6.45, 7) is 7.38. The molecule has 0 aliphatic rings. The molecule has 2 rings (SSSR count). The summed E-state index contributed by atoms with van der Waals surface area (Å²) in [5.41, 5.74) is 2.63. The number of aromatic nitrogens is 2. The third kappa shape index (κ3) is 3.02. The summed E-state index contributed by atoms with van der Waals surface area (Å²) in [6, 6.07) is 4.87. The summed E-state index contributed by atoms with van der Waals surface area (Å²) in [7, 11) is 0. The maximum absolute atomic E-state index is 13.7. The molecule has 0 aliphatic heterocycles. The van der Waals surface area contributed by atoms with Crippen LogP contribution >= 0.6 is 11.6 Å². The van der Waals surface area contributed by atoms with Gasteiger partial charge in [-0.2, -0.15) is 5.10 Å². The van der Waals surface area contributed by atoms with E-state index in [0.29, 0.717) is 5.02 Å². The molecule has 1 heterocycles. The van der Waals surface area contributed by atoms with Gasteiger partial charge in [0.05, 0.1) is 23.0 Å².